The number of benzene rings is 3. The number of fused-ring (bicyclic) bond motifs is 1. The fraction of sp³-hybridized carbons (Fsp3) is 0.231. The lowest BCUT2D eigenvalue weighted by molar-refractivity contribution is -0.117. The Bertz CT molecular complexity index is 1190. The number of anilines is 2. The Morgan fingerprint density at radius 3 is 2.31 bits per heavy atom. The van der Waals surface area contributed by atoms with Crippen molar-refractivity contribution in [1.82, 2.24) is 0 Å². The Morgan fingerprint density at radius 2 is 1.69 bits per heavy atom. The van der Waals surface area contributed by atoms with Crippen molar-refractivity contribution in [3.8, 4) is 11.1 Å². The molecule has 1 amide bonds. The van der Waals surface area contributed by atoms with Gasteiger partial charge in [0.1, 0.15) is 0 Å². The first-order valence-corrected chi connectivity index (χ1v) is 10.9. The lowest BCUT2D eigenvalue weighted by Gasteiger charge is -2.39. The molecule has 2 unspecified atom stereocenters. The predicted octanol–water partition coefficient (Wildman–Crippen LogP) is 6.31. The number of rotatable bonds is 4. The average Bonchev–Trinajstić information content (AvgIpc) is 2.74. The summed E-state index contributed by atoms with van der Waals surface area (Å²) in [6, 6.07) is 19.1. The van der Waals surface area contributed by atoms with E-state index in [-0.39, 0.29) is 18.0 Å². The third-order valence-corrected chi connectivity index (χ3v) is 6.25. The van der Waals surface area contributed by atoms with Gasteiger partial charge in [0.15, 0.2) is 0 Å². The molecule has 5 nitrogen and oxygen atoms in total. The van der Waals surface area contributed by atoms with Gasteiger partial charge < -0.3 is 15.3 Å². The van der Waals surface area contributed by atoms with Gasteiger partial charge in [0, 0.05) is 29.4 Å². The van der Waals surface area contributed by atoms with Crippen LogP contribution in [0.5, 0.6) is 0 Å². The minimum Gasteiger partial charge on any atom is -0.478 e. The van der Waals surface area contributed by atoms with Crippen molar-refractivity contribution >= 4 is 34.9 Å². The van der Waals surface area contributed by atoms with E-state index in [2.05, 4.69) is 18.3 Å². The third-order valence-electron chi connectivity index (χ3n) is 5.99. The Labute approximate surface area is 192 Å². The number of nitrogens with one attached hydrogen (secondary N) is 1. The first-order chi connectivity index (χ1) is 15.2. The molecule has 0 radical (unpaired) electrons. The first kappa shape index (κ1) is 21.9. The first-order valence-electron chi connectivity index (χ1n) is 10.5. The van der Waals surface area contributed by atoms with Gasteiger partial charge in [-0.15, -0.1) is 0 Å². The molecule has 0 spiro atoms. The molecular weight excluding hydrogens is 424 g/mol. The van der Waals surface area contributed by atoms with Crippen LogP contribution in [0.4, 0.5) is 11.4 Å². The molecule has 1 aliphatic heterocycles. The minimum absolute atomic E-state index is 0.0103. The van der Waals surface area contributed by atoms with Gasteiger partial charge >= 0.3 is 5.97 Å². The van der Waals surface area contributed by atoms with E-state index in [4.69, 9.17) is 11.6 Å². The molecule has 6 heteroatoms. The van der Waals surface area contributed by atoms with Gasteiger partial charge in [-0.2, -0.15) is 0 Å². The fourth-order valence-electron chi connectivity index (χ4n) is 4.49. The van der Waals surface area contributed by atoms with Crippen LogP contribution in [-0.2, 0) is 4.79 Å². The Morgan fingerprint density at radius 1 is 1.03 bits per heavy atom. The highest BCUT2D eigenvalue weighted by Gasteiger charge is 2.32. The van der Waals surface area contributed by atoms with Gasteiger partial charge in [-0.05, 0) is 85.0 Å². The molecule has 3 aromatic carbocycles. The molecule has 0 aliphatic carbocycles. The number of carbonyl (C=O) groups excluding carboxylic acids is 1. The topological polar surface area (TPSA) is 69.6 Å². The summed E-state index contributed by atoms with van der Waals surface area (Å²) in [5, 5.41) is 13.6. The zero-order valence-electron chi connectivity index (χ0n) is 18.2. The van der Waals surface area contributed by atoms with Crippen LogP contribution >= 0.6 is 11.6 Å². The molecule has 2 N–H and O–H groups in total. The molecule has 0 aromatic heterocycles. The van der Waals surface area contributed by atoms with E-state index in [1.807, 2.05) is 53.4 Å². The number of aromatic carboxylic acids is 1. The van der Waals surface area contributed by atoms with Crippen molar-refractivity contribution in [2.75, 3.05) is 10.2 Å². The number of carboxylic acids is 1. The largest absolute Gasteiger partial charge is 0.478 e. The molecule has 0 bridgehead atoms. The summed E-state index contributed by atoms with van der Waals surface area (Å²) in [4.78, 5) is 25.6. The van der Waals surface area contributed by atoms with Gasteiger partial charge in [-0.3, -0.25) is 4.79 Å². The quantitative estimate of drug-likeness (QED) is 0.490. The highest BCUT2D eigenvalue weighted by molar-refractivity contribution is 6.30. The summed E-state index contributed by atoms with van der Waals surface area (Å²) in [5.41, 5.74) is 5.81. The Balaban J connectivity index is 1.77. The zero-order chi connectivity index (χ0) is 23.0. The SMILES string of the molecule is CC(=O)N1c2ccc(-c3ccc(C(=O)O)c(C)c3)cc2C(Nc2ccc(Cl)cc2)CC1C. The van der Waals surface area contributed by atoms with Crippen molar-refractivity contribution < 1.29 is 14.7 Å². The molecule has 2 atom stereocenters. The third kappa shape index (κ3) is 4.21. The van der Waals surface area contributed by atoms with E-state index in [0.29, 0.717) is 16.1 Å². The average molecular weight is 449 g/mol. The van der Waals surface area contributed by atoms with E-state index in [1.54, 1.807) is 19.9 Å². The zero-order valence-corrected chi connectivity index (χ0v) is 19.0. The van der Waals surface area contributed by atoms with Gasteiger partial charge in [0.05, 0.1) is 11.6 Å². The van der Waals surface area contributed by atoms with Crippen molar-refractivity contribution in [1.29, 1.82) is 0 Å². The maximum absolute atomic E-state index is 12.4. The van der Waals surface area contributed by atoms with E-state index < -0.39 is 5.97 Å². The Hall–Kier alpha value is -3.31. The van der Waals surface area contributed by atoms with Crippen molar-refractivity contribution in [2.24, 2.45) is 0 Å². The van der Waals surface area contributed by atoms with Crippen LogP contribution in [0.2, 0.25) is 5.02 Å². The van der Waals surface area contributed by atoms with Crippen LogP contribution in [0.3, 0.4) is 0 Å². The number of hydrogen-bond donors (Lipinski definition) is 2. The van der Waals surface area contributed by atoms with Crippen molar-refractivity contribution in [3.63, 3.8) is 0 Å². The van der Waals surface area contributed by atoms with Gasteiger partial charge in [-0.1, -0.05) is 29.8 Å². The predicted molar refractivity (Wildman–Crippen MR) is 129 cm³/mol. The molecular formula is C26H25ClN2O3. The standard InChI is InChI=1S/C26H25ClN2O3/c1-15-12-18(4-10-22(15)26(31)32)19-5-11-25-23(14-19)24(13-16(2)29(25)17(3)30)28-21-8-6-20(27)7-9-21/h4-12,14,16,24,28H,13H2,1-3H3,(H,31,32). The number of carbonyl (C=O) groups is 2. The Kier molecular flexibility index (Phi) is 5.94. The molecule has 32 heavy (non-hydrogen) atoms. The van der Waals surface area contributed by atoms with Crippen molar-refractivity contribution in [3.05, 3.63) is 82.4 Å². The number of halogens is 1. The molecule has 0 fully saturated rings. The second kappa shape index (κ2) is 8.67. The van der Waals surface area contributed by atoms with Crippen LogP contribution in [0.15, 0.2) is 60.7 Å². The van der Waals surface area contributed by atoms with Crippen LogP contribution in [-0.4, -0.2) is 23.0 Å². The maximum atomic E-state index is 12.4. The number of hydrogen-bond acceptors (Lipinski definition) is 3. The number of aryl methyl sites for hydroxylation is 1. The second-order valence-corrected chi connectivity index (χ2v) is 8.72. The number of nitrogens with zero attached hydrogens (tertiary/aromatic N) is 1. The maximum Gasteiger partial charge on any atom is 0.335 e. The summed E-state index contributed by atoms with van der Waals surface area (Å²) in [6.45, 7) is 5.45. The molecule has 1 aliphatic rings. The molecule has 4 rings (SSSR count). The minimum atomic E-state index is -0.933. The molecule has 0 saturated carbocycles. The number of amides is 1. The van der Waals surface area contributed by atoms with E-state index in [1.165, 1.54) is 0 Å². The van der Waals surface area contributed by atoms with E-state index in [9.17, 15) is 14.7 Å². The summed E-state index contributed by atoms with van der Waals surface area (Å²) in [6.07, 6.45) is 0.760. The molecule has 1 heterocycles. The molecule has 164 valence electrons. The highest BCUT2D eigenvalue weighted by atomic mass is 35.5. The summed E-state index contributed by atoms with van der Waals surface area (Å²) < 4.78 is 0. The van der Waals surface area contributed by atoms with Crippen LogP contribution in [0.1, 0.15) is 47.8 Å². The lowest BCUT2D eigenvalue weighted by Crippen LogP contribution is -2.43. The normalized spacial score (nSPS) is 17.6. The summed E-state index contributed by atoms with van der Waals surface area (Å²) in [7, 11) is 0. The molecule has 0 saturated heterocycles. The highest BCUT2D eigenvalue weighted by Crippen LogP contribution is 2.41. The van der Waals surface area contributed by atoms with Gasteiger partial charge in [0.25, 0.3) is 0 Å². The smallest absolute Gasteiger partial charge is 0.335 e. The summed E-state index contributed by atoms with van der Waals surface area (Å²) >= 11 is 6.04. The van der Waals surface area contributed by atoms with E-state index >= 15 is 0 Å². The van der Waals surface area contributed by atoms with Gasteiger partial charge in [-0.25, -0.2) is 4.79 Å². The summed E-state index contributed by atoms with van der Waals surface area (Å²) in [5.74, 6) is -0.920. The van der Waals surface area contributed by atoms with Crippen LogP contribution in [0, 0.1) is 6.92 Å². The number of carboxylic acid groups (broad SMARTS) is 1. The van der Waals surface area contributed by atoms with Crippen molar-refractivity contribution in [2.45, 2.75) is 39.3 Å². The van der Waals surface area contributed by atoms with Crippen LogP contribution in [0.25, 0.3) is 11.1 Å². The lowest BCUT2D eigenvalue weighted by atomic mass is 9.88. The second-order valence-electron chi connectivity index (χ2n) is 8.29. The monoisotopic (exact) mass is 448 g/mol. The fourth-order valence-corrected chi connectivity index (χ4v) is 4.62. The van der Waals surface area contributed by atoms with E-state index in [0.717, 1.165) is 34.5 Å². The van der Waals surface area contributed by atoms with Gasteiger partial charge in [0.2, 0.25) is 5.91 Å². The molecule has 3 aromatic rings. The van der Waals surface area contributed by atoms with Crippen LogP contribution < -0.4 is 10.2 Å².